The highest BCUT2D eigenvalue weighted by atomic mass is 16.5. The van der Waals surface area contributed by atoms with E-state index in [2.05, 4.69) is 23.3 Å². The normalized spacial score (nSPS) is 19.6. The Hall–Kier alpha value is -2.92. The number of hydrogen-bond donors (Lipinski definition) is 0. The molecule has 1 aromatic heterocycles. The lowest BCUT2D eigenvalue weighted by Gasteiger charge is -2.17. The highest BCUT2D eigenvalue weighted by molar-refractivity contribution is 5.90. The first-order valence-electron chi connectivity index (χ1n) is 8.22. The molecular weight excluding hydrogens is 316 g/mol. The van der Waals surface area contributed by atoms with Crippen LogP contribution in [0.1, 0.15) is 50.4 Å². The highest BCUT2D eigenvalue weighted by Crippen LogP contribution is 2.54. The van der Waals surface area contributed by atoms with Crippen molar-refractivity contribution in [2.75, 3.05) is 7.11 Å². The summed E-state index contributed by atoms with van der Waals surface area (Å²) in [6.07, 6.45) is 3.58. The molecule has 25 heavy (non-hydrogen) atoms. The van der Waals surface area contributed by atoms with Crippen molar-refractivity contribution in [3.63, 3.8) is 0 Å². The van der Waals surface area contributed by atoms with Gasteiger partial charge in [-0.05, 0) is 46.0 Å². The van der Waals surface area contributed by atoms with Crippen molar-refractivity contribution in [3.05, 3.63) is 88.2 Å². The van der Waals surface area contributed by atoms with Gasteiger partial charge in [-0.3, -0.25) is 4.68 Å². The van der Waals surface area contributed by atoms with E-state index in [0.29, 0.717) is 5.56 Å². The Morgan fingerprint density at radius 3 is 2.64 bits per heavy atom. The minimum absolute atomic E-state index is 0.0412. The van der Waals surface area contributed by atoms with E-state index in [9.17, 15) is 4.79 Å². The van der Waals surface area contributed by atoms with Gasteiger partial charge in [0.2, 0.25) is 0 Å². The van der Waals surface area contributed by atoms with Gasteiger partial charge in [-0.1, -0.05) is 24.3 Å². The lowest BCUT2D eigenvalue weighted by molar-refractivity contribution is 0.0600. The van der Waals surface area contributed by atoms with Gasteiger partial charge in [-0.25, -0.2) is 4.79 Å². The van der Waals surface area contributed by atoms with Crippen LogP contribution in [-0.2, 0) is 16.0 Å². The average molecular weight is 332 g/mol. The monoisotopic (exact) mass is 332 g/mol. The molecule has 0 fully saturated rings. The molecule has 0 saturated heterocycles. The molecule has 2 aliphatic rings. The zero-order chi connectivity index (χ0) is 17.0. The van der Waals surface area contributed by atoms with Crippen molar-refractivity contribution in [2.24, 2.45) is 0 Å². The molecule has 2 bridgehead atoms. The van der Waals surface area contributed by atoms with Gasteiger partial charge in [-0.15, -0.1) is 0 Å². The van der Waals surface area contributed by atoms with E-state index in [1.807, 2.05) is 29.1 Å². The number of carbonyl (C=O) groups is 1. The summed E-state index contributed by atoms with van der Waals surface area (Å²) in [6, 6.07) is 14.1. The zero-order valence-electron chi connectivity index (χ0n) is 13.7. The summed E-state index contributed by atoms with van der Waals surface area (Å²) in [5, 5.41) is 4.26. The van der Waals surface area contributed by atoms with Crippen LogP contribution in [0.3, 0.4) is 0 Å². The molecule has 2 aliphatic heterocycles. The number of benzene rings is 2. The molecule has 124 valence electrons. The van der Waals surface area contributed by atoms with Gasteiger partial charge < -0.3 is 9.47 Å². The van der Waals surface area contributed by atoms with E-state index in [4.69, 9.17) is 9.47 Å². The van der Waals surface area contributed by atoms with Crippen LogP contribution in [0.15, 0.2) is 54.9 Å². The Bertz CT molecular complexity index is 979. The van der Waals surface area contributed by atoms with Gasteiger partial charge >= 0.3 is 5.97 Å². The van der Waals surface area contributed by atoms with Gasteiger partial charge in [0, 0.05) is 12.4 Å². The fraction of sp³-hybridized carbons (Fsp3) is 0.200. The van der Waals surface area contributed by atoms with Crippen LogP contribution >= 0.6 is 0 Å². The van der Waals surface area contributed by atoms with Crippen molar-refractivity contribution in [1.82, 2.24) is 9.78 Å². The maximum Gasteiger partial charge on any atom is 0.337 e. The van der Waals surface area contributed by atoms with Gasteiger partial charge in [0.15, 0.2) is 0 Å². The third-order valence-electron chi connectivity index (χ3n) is 4.96. The summed E-state index contributed by atoms with van der Waals surface area (Å²) < 4.78 is 12.9. The Labute approximate surface area is 144 Å². The fourth-order valence-electron chi connectivity index (χ4n) is 3.82. The number of nitrogens with zero attached hydrogens (tertiary/aromatic N) is 2. The molecule has 0 radical (unpaired) electrons. The summed E-state index contributed by atoms with van der Waals surface area (Å²) >= 11 is 0. The summed E-state index contributed by atoms with van der Waals surface area (Å²) in [6.45, 7) is 0.729. The lowest BCUT2D eigenvalue weighted by atomic mass is 9.84. The Balaban J connectivity index is 1.53. The van der Waals surface area contributed by atoms with Crippen molar-refractivity contribution < 1.29 is 14.3 Å². The predicted molar refractivity (Wildman–Crippen MR) is 90.3 cm³/mol. The van der Waals surface area contributed by atoms with Crippen LogP contribution in [0.4, 0.5) is 0 Å². The second-order valence-electron chi connectivity index (χ2n) is 6.40. The predicted octanol–water partition coefficient (Wildman–Crippen LogP) is 3.24. The number of hydrogen-bond acceptors (Lipinski definition) is 4. The van der Waals surface area contributed by atoms with E-state index in [-0.39, 0.29) is 18.2 Å². The number of fused-ring (bicyclic) bond motifs is 8. The maximum absolute atomic E-state index is 11.8. The van der Waals surface area contributed by atoms with E-state index in [0.717, 1.165) is 17.7 Å². The Kier molecular flexibility index (Phi) is 3.05. The van der Waals surface area contributed by atoms with Gasteiger partial charge in [0.25, 0.3) is 0 Å². The molecule has 3 aromatic rings. The lowest BCUT2D eigenvalue weighted by Crippen LogP contribution is -2.08. The summed E-state index contributed by atoms with van der Waals surface area (Å²) in [5.74, 6) is -0.321. The summed E-state index contributed by atoms with van der Waals surface area (Å²) in [4.78, 5) is 11.8. The Morgan fingerprint density at radius 1 is 1.12 bits per heavy atom. The molecule has 0 N–H and O–H groups in total. The number of carbonyl (C=O) groups excluding carboxylic acids is 1. The molecule has 5 rings (SSSR count). The number of rotatable bonds is 3. The molecule has 0 aliphatic carbocycles. The van der Waals surface area contributed by atoms with Crippen LogP contribution in [0, 0.1) is 0 Å². The fourth-order valence-corrected chi connectivity index (χ4v) is 3.82. The largest absolute Gasteiger partial charge is 0.465 e. The van der Waals surface area contributed by atoms with Crippen LogP contribution in [0.5, 0.6) is 0 Å². The molecule has 5 nitrogen and oxygen atoms in total. The van der Waals surface area contributed by atoms with E-state index < -0.39 is 0 Å². The van der Waals surface area contributed by atoms with Crippen LogP contribution in [0.2, 0.25) is 0 Å². The van der Waals surface area contributed by atoms with Crippen molar-refractivity contribution in [1.29, 1.82) is 0 Å². The molecule has 0 saturated carbocycles. The molecule has 0 unspecified atom stereocenters. The molecule has 0 spiro atoms. The Morgan fingerprint density at radius 2 is 1.88 bits per heavy atom. The topological polar surface area (TPSA) is 53.4 Å². The van der Waals surface area contributed by atoms with Crippen molar-refractivity contribution in [2.45, 2.75) is 18.8 Å². The SMILES string of the molecule is COC(=O)c1ccc2c(c1)[C@@H]1O[C@H]2c2ccc(Cn3cccn3)cc21. The van der Waals surface area contributed by atoms with Crippen molar-refractivity contribution in [3.8, 4) is 0 Å². The molecule has 3 heterocycles. The second-order valence-corrected chi connectivity index (χ2v) is 6.40. The van der Waals surface area contributed by atoms with E-state index in [1.165, 1.54) is 23.8 Å². The van der Waals surface area contributed by atoms with Crippen LogP contribution in [-0.4, -0.2) is 22.9 Å². The van der Waals surface area contributed by atoms with Crippen LogP contribution < -0.4 is 0 Å². The summed E-state index contributed by atoms with van der Waals surface area (Å²) in [7, 11) is 1.40. The smallest absolute Gasteiger partial charge is 0.337 e. The third-order valence-corrected chi connectivity index (χ3v) is 4.96. The average Bonchev–Trinajstić information content (AvgIpc) is 3.36. The molecule has 0 amide bonds. The standard InChI is InChI=1S/C20H16N2O3/c1-24-20(23)13-4-6-15-17(10-13)19-16-9-12(11-22-8-2-7-21-22)3-5-14(16)18(15)25-19/h2-10,18-19H,11H2,1H3/t18-,19+/m0/s1. The first-order valence-corrected chi connectivity index (χ1v) is 8.22. The molecule has 5 heteroatoms. The minimum atomic E-state index is -0.321. The van der Waals surface area contributed by atoms with Gasteiger partial charge in [0.1, 0.15) is 12.2 Å². The third kappa shape index (κ3) is 2.13. The van der Waals surface area contributed by atoms with Crippen LogP contribution in [0.25, 0.3) is 0 Å². The number of ether oxygens (including phenoxy) is 2. The van der Waals surface area contributed by atoms with Crippen molar-refractivity contribution >= 4 is 5.97 Å². The van der Waals surface area contributed by atoms with Gasteiger partial charge in [0.05, 0.1) is 19.2 Å². The molecule has 2 atom stereocenters. The number of esters is 1. The zero-order valence-corrected chi connectivity index (χ0v) is 13.7. The molecule has 2 aromatic carbocycles. The molecular formula is C20H16N2O3. The van der Waals surface area contributed by atoms with Gasteiger partial charge in [-0.2, -0.15) is 5.10 Å². The maximum atomic E-state index is 11.8. The first kappa shape index (κ1) is 14.4. The number of methoxy groups -OCH3 is 1. The quantitative estimate of drug-likeness (QED) is 0.691. The second kappa shape index (κ2) is 5.29. The van der Waals surface area contributed by atoms with E-state index >= 15 is 0 Å². The first-order chi connectivity index (χ1) is 12.2. The van der Waals surface area contributed by atoms with E-state index in [1.54, 1.807) is 12.3 Å². The summed E-state index contributed by atoms with van der Waals surface area (Å²) in [5.41, 5.74) is 6.36. The highest BCUT2D eigenvalue weighted by Gasteiger charge is 2.42. The number of aromatic nitrogens is 2. The minimum Gasteiger partial charge on any atom is -0.465 e.